The molecule has 1 atom stereocenters. The fraction of sp³-hybridized carbons (Fsp3) is 0.385. The van der Waals surface area contributed by atoms with Crippen LogP contribution in [-0.4, -0.2) is 11.8 Å². The Morgan fingerprint density at radius 3 is 2.73 bits per heavy atom. The lowest BCUT2D eigenvalue weighted by molar-refractivity contribution is 0.877. The van der Waals surface area contributed by atoms with Gasteiger partial charge in [-0.3, -0.25) is 0 Å². The van der Waals surface area contributed by atoms with Gasteiger partial charge >= 0.3 is 0 Å². The van der Waals surface area contributed by atoms with Gasteiger partial charge in [-0.15, -0.1) is 11.8 Å². The molecule has 0 radical (unpaired) electrons. The third-order valence-corrected chi connectivity index (χ3v) is 3.67. The summed E-state index contributed by atoms with van der Waals surface area (Å²) in [6, 6.07) is 6.60. The third-order valence-electron chi connectivity index (χ3n) is 2.40. The molecule has 1 aromatic rings. The standard InChI is InChI=1S/C13H19NS/c1-9(2)12(14)8-15-13-7-10(3)5-6-11(13)4/h5-7,12H,1,8,14H2,2-4H3. The van der Waals surface area contributed by atoms with Gasteiger partial charge in [0.1, 0.15) is 0 Å². The lowest BCUT2D eigenvalue weighted by Crippen LogP contribution is -2.23. The quantitative estimate of drug-likeness (QED) is 0.623. The number of benzene rings is 1. The summed E-state index contributed by atoms with van der Waals surface area (Å²) in [5.74, 6) is 0.902. The maximum absolute atomic E-state index is 5.93. The van der Waals surface area contributed by atoms with E-state index in [9.17, 15) is 0 Å². The second-order valence-corrected chi connectivity index (χ2v) is 5.09. The first-order chi connectivity index (χ1) is 7.00. The van der Waals surface area contributed by atoms with Crippen LogP contribution in [0.25, 0.3) is 0 Å². The molecule has 0 saturated heterocycles. The van der Waals surface area contributed by atoms with Crippen LogP contribution in [0.2, 0.25) is 0 Å². The molecule has 2 heteroatoms. The molecule has 0 spiro atoms. The number of hydrogen-bond acceptors (Lipinski definition) is 2. The zero-order valence-electron chi connectivity index (χ0n) is 9.71. The molecule has 1 nitrogen and oxygen atoms in total. The maximum atomic E-state index is 5.93. The van der Waals surface area contributed by atoms with Gasteiger partial charge in [-0.2, -0.15) is 0 Å². The molecule has 1 rings (SSSR count). The highest BCUT2D eigenvalue weighted by atomic mass is 32.2. The second kappa shape index (κ2) is 5.38. The molecule has 0 bridgehead atoms. The van der Waals surface area contributed by atoms with Crippen molar-refractivity contribution in [2.24, 2.45) is 5.73 Å². The van der Waals surface area contributed by atoms with Crippen LogP contribution in [0.5, 0.6) is 0 Å². The average molecular weight is 221 g/mol. The van der Waals surface area contributed by atoms with E-state index in [1.165, 1.54) is 16.0 Å². The molecule has 0 aromatic heterocycles. The minimum atomic E-state index is 0.0925. The molecule has 0 heterocycles. The van der Waals surface area contributed by atoms with E-state index in [-0.39, 0.29) is 6.04 Å². The first kappa shape index (κ1) is 12.3. The number of rotatable bonds is 4. The van der Waals surface area contributed by atoms with E-state index in [1.807, 2.05) is 18.7 Å². The van der Waals surface area contributed by atoms with Gasteiger partial charge in [0.05, 0.1) is 0 Å². The summed E-state index contributed by atoms with van der Waals surface area (Å²) in [5, 5.41) is 0. The Morgan fingerprint density at radius 1 is 1.47 bits per heavy atom. The van der Waals surface area contributed by atoms with Crippen molar-refractivity contribution in [3.8, 4) is 0 Å². The van der Waals surface area contributed by atoms with E-state index in [1.54, 1.807) is 0 Å². The van der Waals surface area contributed by atoms with Gasteiger partial charge in [-0.05, 0) is 32.4 Å². The third kappa shape index (κ3) is 3.73. The van der Waals surface area contributed by atoms with Crippen molar-refractivity contribution >= 4 is 11.8 Å². The van der Waals surface area contributed by atoms with Crippen LogP contribution < -0.4 is 5.73 Å². The normalized spacial score (nSPS) is 12.5. The summed E-state index contributed by atoms with van der Waals surface area (Å²) in [6.07, 6.45) is 0. The number of nitrogens with two attached hydrogens (primary N) is 1. The highest BCUT2D eigenvalue weighted by Gasteiger charge is 2.05. The molecular weight excluding hydrogens is 202 g/mol. The van der Waals surface area contributed by atoms with Crippen molar-refractivity contribution in [1.29, 1.82) is 0 Å². The van der Waals surface area contributed by atoms with Crippen LogP contribution in [0.4, 0.5) is 0 Å². The lowest BCUT2D eigenvalue weighted by atomic mass is 10.2. The summed E-state index contributed by atoms with van der Waals surface area (Å²) in [4.78, 5) is 1.33. The monoisotopic (exact) mass is 221 g/mol. The number of aryl methyl sites for hydroxylation is 2. The summed E-state index contributed by atoms with van der Waals surface area (Å²) in [5.41, 5.74) is 9.60. The first-order valence-electron chi connectivity index (χ1n) is 5.11. The topological polar surface area (TPSA) is 26.0 Å². The largest absolute Gasteiger partial charge is 0.324 e. The van der Waals surface area contributed by atoms with E-state index in [0.717, 1.165) is 11.3 Å². The van der Waals surface area contributed by atoms with Crippen LogP contribution >= 0.6 is 11.8 Å². The summed E-state index contributed by atoms with van der Waals surface area (Å²) in [6.45, 7) is 10.1. The van der Waals surface area contributed by atoms with Crippen LogP contribution in [0.1, 0.15) is 18.1 Å². The van der Waals surface area contributed by atoms with E-state index in [4.69, 9.17) is 5.73 Å². The van der Waals surface area contributed by atoms with Crippen LogP contribution in [0, 0.1) is 13.8 Å². The average Bonchev–Trinajstić information content (AvgIpc) is 2.18. The van der Waals surface area contributed by atoms with Gasteiger partial charge in [0, 0.05) is 16.7 Å². The Kier molecular flexibility index (Phi) is 4.43. The van der Waals surface area contributed by atoms with Crippen LogP contribution in [0.3, 0.4) is 0 Å². The van der Waals surface area contributed by atoms with Crippen molar-refractivity contribution in [2.75, 3.05) is 5.75 Å². The van der Waals surface area contributed by atoms with E-state index in [0.29, 0.717) is 0 Å². The predicted octanol–water partition coefficient (Wildman–Crippen LogP) is 3.30. The van der Waals surface area contributed by atoms with Crippen molar-refractivity contribution in [1.82, 2.24) is 0 Å². The molecule has 0 fully saturated rings. The van der Waals surface area contributed by atoms with Gasteiger partial charge in [0.15, 0.2) is 0 Å². The zero-order valence-corrected chi connectivity index (χ0v) is 10.5. The van der Waals surface area contributed by atoms with Gasteiger partial charge < -0.3 is 5.73 Å². The highest BCUT2D eigenvalue weighted by Crippen LogP contribution is 2.24. The minimum absolute atomic E-state index is 0.0925. The summed E-state index contributed by atoms with van der Waals surface area (Å²) in [7, 11) is 0. The zero-order chi connectivity index (χ0) is 11.4. The van der Waals surface area contributed by atoms with Crippen LogP contribution in [0.15, 0.2) is 35.2 Å². The Hall–Kier alpha value is -0.730. The van der Waals surface area contributed by atoms with Crippen molar-refractivity contribution in [3.63, 3.8) is 0 Å². The molecule has 0 aliphatic carbocycles. The molecule has 82 valence electrons. The molecule has 1 aromatic carbocycles. The van der Waals surface area contributed by atoms with Crippen molar-refractivity contribution in [2.45, 2.75) is 31.7 Å². The van der Waals surface area contributed by atoms with Crippen LogP contribution in [-0.2, 0) is 0 Å². The Bertz CT molecular complexity index is 358. The Labute approximate surface area is 96.8 Å². The smallest absolute Gasteiger partial charge is 0.0343 e. The molecule has 0 aliphatic rings. The summed E-state index contributed by atoms with van der Waals surface area (Å²) >= 11 is 1.81. The molecule has 0 aliphatic heterocycles. The highest BCUT2D eigenvalue weighted by molar-refractivity contribution is 7.99. The van der Waals surface area contributed by atoms with Crippen molar-refractivity contribution in [3.05, 3.63) is 41.5 Å². The van der Waals surface area contributed by atoms with Gasteiger partial charge in [-0.25, -0.2) is 0 Å². The maximum Gasteiger partial charge on any atom is 0.0343 e. The molecule has 15 heavy (non-hydrogen) atoms. The summed E-state index contributed by atoms with van der Waals surface area (Å²) < 4.78 is 0. The van der Waals surface area contributed by atoms with Gasteiger partial charge in [0.2, 0.25) is 0 Å². The fourth-order valence-corrected chi connectivity index (χ4v) is 2.39. The van der Waals surface area contributed by atoms with E-state index < -0.39 is 0 Å². The Morgan fingerprint density at radius 2 is 2.13 bits per heavy atom. The second-order valence-electron chi connectivity index (χ2n) is 4.03. The first-order valence-corrected chi connectivity index (χ1v) is 6.10. The Balaban J connectivity index is 2.65. The van der Waals surface area contributed by atoms with Gasteiger partial charge in [0.25, 0.3) is 0 Å². The van der Waals surface area contributed by atoms with Crippen molar-refractivity contribution < 1.29 is 0 Å². The molecule has 0 amide bonds. The molecule has 1 unspecified atom stereocenters. The lowest BCUT2D eigenvalue weighted by Gasteiger charge is -2.12. The molecular formula is C13H19NS. The predicted molar refractivity (Wildman–Crippen MR) is 69.4 cm³/mol. The fourth-order valence-electron chi connectivity index (χ4n) is 1.18. The number of thioether (sulfide) groups is 1. The number of hydrogen-bond donors (Lipinski definition) is 1. The molecule has 0 saturated carbocycles. The molecule has 2 N–H and O–H groups in total. The van der Waals surface area contributed by atoms with E-state index >= 15 is 0 Å². The minimum Gasteiger partial charge on any atom is -0.324 e. The SMILES string of the molecule is C=C(C)C(N)CSc1cc(C)ccc1C. The van der Waals surface area contributed by atoms with E-state index in [2.05, 4.69) is 38.6 Å². The van der Waals surface area contributed by atoms with Gasteiger partial charge in [-0.1, -0.05) is 29.8 Å².